The lowest BCUT2D eigenvalue weighted by Gasteiger charge is -2.62. The molecular weight excluding hydrogens is 579 g/mol. The number of hydrogen-bond acceptors (Lipinski definition) is 6. The lowest BCUT2D eigenvalue weighted by atomic mass is 9.45. The van der Waals surface area contributed by atoms with Gasteiger partial charge in [0.25, 0.3) is 0 Å². The Morgan fingerprint density at radius 1 is 1.09 bits per heavy atom. The van der Waals surface area contributed by atoms with E-state index >= 15 is 0 Å². The average molecular weight is 637 g/mol. The lowest BCUT2D eigenvalue weighted by Crippen LogP contribution is -2.61. The standard InChI is InChI=1S/C38H57FN4O3/c1-25(2)15-31(23-41(6)7)42(22-29-13-8-9-14-34(29)39)20-27-11-10-12-28(16-27)21-43-36(19-32(24-44)46-43)37(45)40-35-18-30-17-33(26(35)3)38(30,4)5/h8-14,16,25-26,30-33,35-36,44H,15,17-24H2,1-7H3,(H,40,45)/t26-,30+,31-,32+,33-,35-,36-/m0/s1. The second kappa shape index (κ2) is 14.8. The summed E-state index contributed by atoms with van der Waals surface area (Å²) in [5.74, 6) is 2.09. The first-order valence-corrected chi connectivity index (χ1v) is 17.4. The number of carbonyl (C=O) groups excluding carboxylic acids is 1. The number of benzene rings is 2. The van der Waals surface area contributed by atoms with Crippen molar-refractivity contribution in [3.63, 3.8) is 0 Å². The van der Waals surface area contributed by atoms with Crippen molar-refractivity contribution in [2.24, 2.45) is 29.1 Å². The van der Waals surface area contributed by atoms with Crippen LogP contribution in [-0.4, -0.2) is 77.4 Å². The molecule has 7 atom stereocenters. The highest BCUT2D eigenvalue weighted by Gasteiger charge is 2.56. The third-order valence-corrected chi connectivity index (χ3v) is 11.2. The van der Waals surface area contributed by atoms with E-state index in [0.29, 0.717) is 60.7 Å². The number of amides is 1. The number of likely N-dealkylation sites (N-methyl/N-ethyl adjacent to an activating group) is 1. The monoisotopic (exact) mass is 636 g/mol. The fourth-order valence-corrected chi connectivity index (χ4v) is 8.49. The minimum atomic E-state index is -0.452. The van der Waals surface area contributed by atoms with Gasteiger partial charge in [0.05, 0.1) is 13.2 Å². The van der Waals surface area contributed by atoms with E-state index in [9.17, 15) is 14.3 Å². The molecule has 1 aliphatic heterocycles. The molecule has 3 saturated carbocycles. The van der Waals surface area contributed by atoms with Crippen LogP contribution >= 0.6 is 0 Å². The van der Waals surface area contributed by atoms with Gasteiger partial charge in [0.15, 0.2) is 0 Å². The number of carbonyl (C=O) groups is 1. The number of fused-ring (bicyclic) bond motifs is 2. The number of aliphatic hydroxyl groups is 1. The van der Waals surface area contributed by atoms with Gasteiger partial charge in [-0.15, -0.1) is 0 Å². The van der Waals surface area contributed by atoms with Gasteiger partial charge in [0, 0.05) is 43.7 Å². The van der Waals surface area contributed by atoms with Gasteiger partial charge < -0.3 is 15.3 Å². The molecule has 4 fully saturated rings. The lowest BCUT2D eigenvalue weighted by molar-refractivity contribution is -0.182. The first-order chi connectivity index (χ1) is 21.8. The zero-order valence-electron chi connectivity index (χ0n) is 29.1. The number of nitrogens with zero attached hydrogens (tertiary/aromatic N) is 3. The van der Waals surface area contributed by atoms with Crippen LogP contribution in [0.5, 0.6) is 0 Å². The zero-order chi connectivity index (χ0) is 33.2. The molecule has 1 saturated heterocycles. The van der Waals surface area contributed by atoms with Gasteiger partial charge in [-0.1, -0.05) is 77.1 Å². The van der Waals surface area contributed by atoms with E-state index in [1.807, 2.05) is 12.1 Å². The second-order valence-electron chi connectivity index (χ2n) is 15.7. The summed E-state index contributed by atoms with van der Waals surface area (Å²) < 4.78 is 14.8. The molecule has 8 heteroatoms. The third-order valence-electron chi connectivity index (χ3n) is 11.2. The Labute approximate surface area is 276 Å². The fraction of sp³-hybridized carbons (Fsp3) is 0.658. The van der Waals surface area contributed by atoms with Crippen LogP contribution in [0.1, 0.15) is 77.0 Å². The molecule has 7 nitrogen and oxygen atoms in total. The van der Waals surface area contributed by atoms with Crippen molar-refractivity contribution in [1.29, 1.82) is 0 Å². The first kappa shape index (κ1) is 35.0. The van der Waals surface area contributed by atoms with Crippen molar-refractivity contribution < 1.29 is 19.1 Å². The van der Waals surface area contributed by atoms with E-state index in [0.717, 1.165) is 30.5 Å². The molecule has 254 valence electrons. The van der Waals surface area contributed by atoms with Crippen LogP contribution in [0.25, 0.3) is 0 Å². The average Bonchev–Trinajstić information content (AvgIpc) is 3.41. The fourth-order valence-electron chi connectivity index (χ4n) is 8.49. The largest absolute Gasteiger partial charge is 0.394 e. The molecule has 6 rings (SSSR count). The summed E-state index contributed by atoms with van der Waals surface area (Å²) in [6.45, 7) is 13.9. The normalized spacial score (nSPS) is 28.1. The van der Waals surface area contributed by atoms with E-state index < -0.39 is 12.1 Å². The van der Waals surface area contributed by atoms with E-state index in [4.69, 9.17) is 4.84 Å². The van der Waals surface area contributed by atoms with Gasteiger partial charge in [-0.2, -0.15) is 5.06 Å². The highest BCUT2D eigenvalue weighted by molar-refractivity contribution is 5.82. The molecule has 1 amide bonds. The third kappa shape index (κ3) is 8.01. The summed E-state index contributed by atoms with van der Waals surface area (Å²) in [4.78, 5) is 24.5. The SMILES string of the molecule is CC(C)C[C@@H](CN(C)C)N(Cc1cccc(CN2O[C@@H](CO)C[C@H]2C(=O)N[C@H]2C[C@H]3C[C@@H]([C@@H]2C)C3(C)C)c1)Cc1ccccc1F. The summed E-state index contributed by atoms with van der Waals surface area (Å²) in [5.41, 5.74) is 3.25. The number of hydroxylamine groups is 2. The molecular formula is C38H57FN4O3. The molecule has 2 aromatic carbocycles. The van der Waals surface area contributed by atoms with Crippen LogP contribution in [0, 0.1) is 34.9 Å². The van der Waals surface area contributed by atoms with Crippen molar-refractivity contribution in [2.75, 3.05) is 27.2 Å². The quantitative estimate of drug-likeness (QED) is 0.271. The van der Waals surface area contributed by atoms with Gasteiger partial charge in [0.2, 0.25) is 5.91 Å². The van der Waals surface area contributed by atoms with Crippen LogP contribution in [0.4, 0.5) is 4.39 Å². The molecule has 46 heavy (non-hydrogen) atoms. The second-order valence-corrected chi connectivity index (χ2v) is 15.7. The molecule has 3 aliphatic carbocycles. The number of aliphatic hydroxyl groups excluding tert-OH is 1. The molecule has 0 aromatic heterocycles. The van der Waals surface area contributed by atoms with Crippen LogP contribution in [-0.2, 0) is 29.3 Å². The van der Waals surface area contributed by atoms with Gasteiger partial charge in [-0.25, -0.2) is 4.39 Å². The molecule has 0 radical (unpaired) electrons. The van der Waals surface area contributed by atoms with Crippen LogP contribution in [0.2, 0.25) is 0 Å². The van der Waals surface area contributed by atoms with Gasteiger partial charge in [-0.3, -0.25) is 14.5 Å². The highest BCUT2D eigenvalue weighted by Crippen LogP contribution is 2.61. The highest BCUT2D eigenvalue weighted by atomic mass is 19.1. The maximum absolute atomic E-state index is 14.8. The molecule has 4 aliphatic rings. The maximum atomic E-state index is 14.8. The minimum absolute atomic E-state index is 0.000615. The Morgan fingerprint density at radius 3 is 2.48 bits per heavy atom. The van der Waals surface area contributed by atoms with Crippen LogP contribution < -0.4 is 5.32 Å². The maximum Gasteiger partial charge on any atom is 0.240 e. The Balaban J connectivity index is 1.30. The summed E-state index contributed by atoms with van der Waals surface area (Å²) in [6.07, 6.45) is 3.39. The Hall–Kier alpha value is -2.36. The zero-order valence-corrected chi connectivity index (χ0v) is 29.1. The molecule has 2 N–H and O–H groups in total. The summed E-state index contributed by atoms with van der Waals surface area (Å²) in [5, 5.41) is 15.1. The Bertz CT molecular complexity index is 1310. The van der Waals surface area contributed by atoms with Gasteiger partial charge in [0.1, 0.15) is 18.0 Å². The van der Waals surface area contributed by atoms with Crippen molar-refractivity contribution in [2.45, 2.75) is 104 Å². The Morgan fingerprint density at radius 2 is 1.83 bits per heavy atom. The number of halogens is 1. The Kier molecular flexibility index (Phi) is 11.3. The van der Waals surface area contributed by atoms with Crippen molar-refractivity contribution >= 4 is 5.91 Å². The summed E-state index contributed by atoms with van der Waals surface area (Å²) in [7, 11) is 4.19. The van der Waals surface area contributed by atoms with E-state index in [-0.39, 0.29) is 30.4 Å². The smallest absolute Gasteiger partial charge is 0.240 e. The number of nitrogens with one attached hydrogen (secondary N) is 1. The molecule has 0 unspecified atom stereocenters. The van der Waals surface area contributed by atoms with Gasteiger partial charge in [-0.05, 0) is 79.6 Å². The number of hydrogen-bond donors (Lipinski definition) is 2. The van der Waals surface area contributed by atoms with E-state index in [2.05, 4.69) is 88.1 Å². The summed E-state index contributed by atoms with van der Waals surface area (Å²) >= 11 is 0. The number of rotatable bonds is 14. The van der Waals surface area contributed by atoms with E-state index in [1.54, 1.807) is 11.1 Å². The molecule has 0 spiro atoms. The predicted molar refractivity (Wildman–Crippen MR) is 181 cm³/mol. The summed E-state index contributed by atoms with van der Waals surface area (Å²) in [6, 6.07) is 15.5. The van der Waals surface area contributed by atoms with Crippen LogP contribution in [0.15, 0.2) is 48.5 Å². The van der Waals surface area contributed by atoms with Gasteiger partial charge >= 0.3 is 0 Å². The van der Waals surface area contributed by atoms with Crippen molar-refractivity contribution in [3.05, 3.63) is 71.0 Å². The first-order valence-electron chi connectivity index (χ1n) is 17.4. The van der Waals surface area contributed by atoms with Crippen molar-refractivity contribution in [3.8, 4) is 0 Å². The molecule has 2 bridgehead atoms. The van der Waals surface area contributed by atoms with E-state index in [1.165, 1.54) is 12.5 Å². The van der Waals surface area contributed by atoms with Crippen LogP contribution in [0.3, 0.4) is 0 Å². The molecule has 1 heterocycles. The topological polar surface area (TPSA) is 68.3 Å². The predicted octanol–water partition coefficient (Wildman–Crippen LogP) is 5.86. The minimum Gasteiger partial charge on any atom is -0.394 e. The molecule has 2 aromatic rings. The van der Waals surface area contributed by atoms with Crippen molar-refractivity contribution in [1.82, 2.24) is 20.2 Å².